The zero-order valence-electron chi connectivity index (χ0n) is 26.3. The molecule has 0 radical (unpaired) electrons. The fourth-order valence-electron chi connectivity index (χ4n) is 6.72. The van der Waals surface area contributed by atoms with Crippen LogP contribution in [-0.4, -0.2) is 79.7 Å². The second kappa shape index (κ2) is 11.3. The molecular weight excluding hydrogens is 661 g/mol. The summed E-state index contributed by atoms with van der Waals surface area (Å²) in [6.45, 7) is 6.09. The van der Waals surface area contributed by atoms with Crippen molar-refractivity contribution in [3.05, 3.63) is 39.9 Å². The second-order valence-corrected chi connectivity index (χ2v) is 14.5. The Hall–Kier alpha value is -3.63. The summed E-state index contributed by atoms with van der Waals surface area (Å²) in [5.74, 6) is -0.555. The molecule has 2 saturated heterocycles. The minimum Gasteiger partial charge on any atom is -0.444 e. The Labute approximate surface area is 273 Å². The van der Waals surface area contributed by atoms with Crippen molar-refractivity contribution >= 4 is 61.5 Å². The van der Waals surface area contributed by atoms with Crippen molar-refractivity contribution in [1.82, 2.24) is 29.1 Å². The fourth-order valence-corrected chi connectivity index (χ4v) is 7.78. The van der Waals surface area contributed by atoms with Crippen LogP contribution in [0.1, 0.15) is 55.7 Å². The van der Waals surface area contributed by atoms with Gasteiger partial charge in [0, 0.05) is 56.4 Å². The monoisotopic (exact) mass is 695 g/mol. The lowest BCUT2D eigenvalue weighted by Gasteiger charge is -2.39. The number of aryl methyl sites for hydroxylation is 2. The number of nitriles is 1. The SMILES string of the molecule is CSc1nc2c(F)c(Br)c(CCC#N)cc2c2c1cc(-c1cnn(C)c1C(=O)N(C)C)n2[C@H]1[C@@H]2C[C@H]1N(C(=O)OC(C)(C)C)C2. The number of carbonyl (C=O) groups excluding carboxylic acids is 2. The average Bonchev–Trinajstić information content (AvgIpc) is 3.74. The van der Waals surface area contributed by atoms with E-state index in [-0.39, 0.29) is 41.9 Å². The largest absolute Gasteiger partial charge is 0.444 e. The van der Waals surface area contributed by atoms with Crippen molar-refractivity contribution in [2.24, 2.45) is 13.0 Å². The van der Waals surface area contributed by atoms with E-state index in [9.17, 15) is 14.9 Å². The Bertz CT molecular complexity index is 1920. The van der Waals surface area contributed by atoms with Crippen LogP contribution in [0.3, 0.4) is 0 Å². The van der Waals surface area contributed by atoms with E-state index in [1.165, 1.54) is 16.7 Å². The lowest BCUT2D eigenvalue weighted by molar-refractivity contribution is 0.0211. The van der Waals surface area contributed by atoms with Gasteiger partial charge in [0.25, 0.3) is 5.91 Å². The molecule has 1 saturated carbocycles. The summed E-state index contributed by atoms with van der Waals surface area (Å²) in [7, 11) is 5.14. The van der Waals surface area contributed by atoms with Gasteiger partial charge in [-0.1, -0.05) is 0 Å². The molecule has 1 aliphatic carbocycles. The van der Waals surface area contributed by atoms with Crippen LogP contribution in [0.2, 0.25) is 0 Å². The van der Waals surface area contributed by atoms with Crippen LogP contribution in [0.4, 0.5) is 9.18 Å². The first-order valence-electron chi connectivity index (χ1n) is 14.8. The molecule has 0 unspecified atom stereocenters. The molecule has 2 bridgehead atoms. The number of fused-ring (bicyclic) bond motifs is 4. The first-order valence-corrected chi connectivity index (χ1v) is 16.8. The topological polar surface area (TPSA) is 109 Å². The van der Waals surface area contributed by atoms with Crippen molar-refractivity contribution in [2.45, 2.75) is 62.7 Å². The number of carbonyl (C=O) groups is 2. The van der Waals surface area contributed by atoms with Crippen molar-refractivity contribution in [2.75, 3.05) is 26.9 Å². The number of halogens is 2. The van der Waals surface area contributed by atoms with E-state index in [2.05, 4.69) is 31.7 Å². The van der Waals surface area contributed by atoms with Crippen LogP contribution in [-0.2, 0) is 18.2 Å². The molecule has 236 valence electrons. The smallest absolute Gasteiger partial charge is 0.410 e. The number of aromatic nitrogens is 4. The number of hydrogen-bond donors (Lipinski definition) is 0. The van der Waals surface area contributed by atoms with Gasteiger partial charge < -0.3 is 19.1 Å². The van der Waals surface area contributed by atoms with Crippen molar-refractivity contribution in [1.29, 1.82) is 5.26 Å². The van der Waals surface area contributed by atoms with Crippen LogP contribution < -0.4 is 0 Å². The predicted molar refractivity (Wildman–Crippen MR) is 175 cm³/mol. The van der Waals surface area contributed by atoms with Gasteiger partial charge in [0.2, 0.25) is 0 Å². The second-order valence-electron chi connectivity index (χ2n) is 12.9. The van der Waals surface area contributed by atoms with Gasteiger partial charge in [0.1, 0.15) is 21.8 Å². The van der Waals surface area contributed by atoms with E-state index in [1.807, 2.05) is 39.2 Å². The summed E-state index contributed by atoms with van der Waals surface area (Å²) in [6, 6.07) is 5.79. The van der Waals surface area contributed by atoms with Gasteiger partial charge in [-0.2, -0.15) is 10.4 Å². The molecule has 0 spiro atoms. The normalized spacial score (nSPS) is 19.2. The summed E-state index contributed by atoms with van der Waals surface area (Å²) in [5.41, 5.74) is 2.85. The number of pyridine rings is 1. The van der Waals surface area contributed by atoms with Gasteiger partial charge in [-0.05, 0) is 73.5 Å². The molecule has 45 heavy (non-hydrogen) atoms. The van der Waals surface area contributed by atoms with E-state index in [4.69, 9.17) is 9.72 Å². The Morgan fingerprint density at radius 2 is 2.00 bits per heavy atom. The van der Waals surface area contributed by atoms with Crippen LogP contribution >= 0.6 is 27.7 Å². The highest BCUT2D eigenvalue weighted by atomic mass is 79.9. The maximum absolute atomic E-state index is 16.1. The summed E-state index contributed by atoms with van der Waals surface area (Å²) in [4.78, 5) is 34.9. The van der Waals surface area contributed by atoms with Gasteiger partial charge in [0.05, 0.1) is 40.0 Å². The van der Waals surface area contributed by atoms with Gasteiger partial charge >= 0.3 is 6.09 Å². The third kappa shape index (κ3) is 5.06. The number of benzene rings is 1. The minimum absolute atomic E-state index is 0.126. The highest BCUT2D eigenvalue weighted by molar-refractivity contribution is 9.10. The van der Waals surface area contributed by atoms with Crippen LogP contribution in [0.5, 0.6) is 0 Å². The summed E-state index contributed by atoms with van der Waals surface area (Å²) < 4.78 is 25.9. The minimum atomic E-state index is -0.637. The van der Waals surface area contributed by atoms with Gasteiger partial charge in [-0.15, -0.1) is 11.8 Å². The van der Waals surface area contributed by atoms with E-state index in [0.717, 1.165) is 23.0 Å². The molecule has 3 aromatic heterocycles. The number of nitrogens with zero attached hydrogens (tertiary/aromatic N) is 7. The maximum Gasteiger partial charge on any atom is 0.410 e. The molecule has 3 atom stereocenters. The lowest BCUT2D eigenvalue weighted by atomic mass is 9.79. The van der Waals surface area contributed by atoms with Gasteiger partial charge in [-0.3, -0.25) is 9.48 Å². The number of thioether (sulfide) groups is 1. The third-order valence-corrected chi connectivity index (χ3v) is 10.2. The lowest BCUT2D eigenvalue weighted by Crippen LogP contribution is -2.44. The molecule has 1 aromatic carbocycles. The van der Waals surface area contributed by atoms with E-state index in [0.29, 0.717) is 44.7 Å². The van der Waals surface area contributed by atoms with Crippen molar-refractivity contribution in [3.63, 3.8) is 0 Å². The Balaban J connectivity index is 1.67. The summed E-state index contributed by atoms with van der Waals surface area (Å²) in [6.07, 6.45) is 4.65. The number of amides is 2. The van der Waals surface area contributed by atoms with Crippen molar-refractivity contribution in [3.8, 4) is 17.3 Å². The highest BCUT2D eigenvalue weighted by Gasteiger charge is 2.56. The molecule has 10 nitrogen and oxygen atoms in total. The molecule has 4 aromatic rings. The van der Waals surface area contributed by atoms with Crippen LogP contribution in [0.15, 0.2) is 27.8 Å². The summed E-state index contributed by atoms with van der Waals surface area (Å²) >= 11 is 4.85. The van der Waals surface area contributed by atoms with Crippen molar-refractivity contribution < 1.29 is 18.7 Å². The molecule has 3 aliphatic rings. The third-order valence-electron chi connectivity index (χ3n) is 8.69. The molecule has 2 aliphatic heterocycles. The molecule has 7 rings (SSSR count). The Morgan fingerprint density at radius 1 is 1.27 bits per heavy atom. The molecule has 2 amide bonds. The van der Waals surface area contributed by atoms with Gasteiger partial charge in [0.15, 0.2) is 5.82 Å². The number of ether oxygens (including phenoxy) is 1. The maximum atomic E-state index is 16.1. The first-order chi connectivity index (χ1) is 21.3. The average molecular weight is 697 g/mol. The first kappa shape index (κ1) is 31.4. The summed E-state index contributed by atoms with van der Waals surface area (Å²) in [5, 5.41) is 15.8. The highest BCUT2D eigenvalue weighted by Crippen LogP contribution is 2.54. The zero-order chi connectivity index (χ0) is 32.5. The number of hydrogen-bond acceptors (Lipinski definition) is 7. The zero-order valence-corrected chi connectivity index (χ0v) is 28.7. The van der Waals surface area contributed by atoms with E-state index >= 15 is 4.39 Å². The molecule has 5 heterocycles. The molecule has 0 N–H and O–H groups in total. The molecule has 3 fully saturated rings. The quantitative estimate of drug-likeness (QED) is 0.210. The van der Waals surface area contributed by atoms with E-state index < -0.39 is 11.4 Å². The van der Waals surface area contributed by atoms with Crippen LogP contribution in [0, 0.1) is 23.1 Å². The Kier molecular flexibility index (Phi) is 7.88. The van der Waals surface area contributed by atoms with Crippen LogP contribution in [0.25, 0.3) is 33.1 Å². The predicted octanol–water partition coefficient (Wildman–Crippen LogP) is 6.55. The standard InChI is InChI=1S/C32H35BrFN7O3S/c1-32(2,3)44-31(43)40-15-17-12-22(40)26(17)41-21(20-14-36-39(6)28(20)30(42)38(4)5)13-19-27(41)18-11-16(9-8-10-35)23(33)24(34)25(18)37-29(19)45-7/h11,13-14,17,22,26H,8-9,12,15H2,1-7H3/t17-,22-,26+/m1/s1. The molecular formula is C32H35BrFN7O3S. The Morgan fingerprint density at radius 3 is 2.64 bits per heavy atom. The fraction of sp³-hybridized carbons (Fsp3) is 0.469. The van der Waals surface area contributed by atoms with Gasteiger partial charge in [-0.25, -0.2) is 14.2 Å². The number of rotatable bonds is 6. The van der Waals surface area contributed by atoms with E-state index in [1.54, 1.807) is 36.9 Å². The molecule has 13 heteroatoms.